The van der Waals surface area contributed by atoms with E-state index in [1.54, 1.807) is 6.07 Å². The van der Waals surface area contributed by atoms with Gasteiger partial charge in [-0.05, 0) is 43.2 Å². The third-order valence-electron chi connectivity index (χ3n) is 3.28. The highest BCUT2D eigenvalue weighted by Crippen LogP contribution is 2.26. The van der Waals surface area contributed by atoms with Crippen LogP contribution < -0.4 is 14.8 Å². The molecule has 2 rings (SSSR count). The van der Waals surface area contributed by atoms with Crippen molar-refractivity contribution >= 4 is 11.6 Å². The number of carbonyl (C=O) groups is 1. The second kappa shape index (κ2) is 8.83. The van der Waals surface area contributed by atoms with Gasteiger partial charge in [0.1, 0.15) is 0 Å². The van der Waals surface area contributed by atoms with Gasteiger partial charge in [-0.25, -0.2) is 0 Å². The van der Waals surface area contributed by atoms with E-state index in [4.69, 9.17) is 9.47 Å². The summed E-state index contributed by atoms with van der Waals surface area (Å²) in [5.41, 5.74) is 2.05. The van der Waals surface area contributed by atoms with Crippen molar-refractivity contribution in [3.63, 3.8) is 0 Å². The van der Waals surface area contributed by atoms with Crippen LogP contribution >= 0.6 is 0 Å². The van der Waals surface area contributed by atoms with Crippen molar-refractivity contribution in [1.29, 1.82) is 0 Å². The number of rotatable bonds is 8. The quantitative estimate of drug-likeness (QED) is 0.799. The Morgan fingerprint density at radius 3 is 2.22 bits per heavy atom. The Hall–Kier alpha value is -2.49. The Kier molecular flexibility index (Phi) is 6.48. The highest BCUT2D eigenvalue weighted by Gasteiger charge is 2.07. The van der Waals surface area contributed by atoms with Crippen LogP contribution in [0.3, 0.4) is 0 Å². The van der Waals surface area contributed by atoms with Crippen molar-refractivity contribution in [3.8, 4) is 11.5 Å². The molecular formula is C19H23NO3. The van der Waals surface area contributed by atoms with Gasteiger partial charge in [-0.2, -0.15) is 0 Å². The average molecular weight is 313 g/mol. The van der Waals surface area contributed by atoms with Crippen molar-refractivity contribution in [2.24, 2.45) is 0 Å². The maximum absolute atomic E-state index is 12.0. The molecule has 0 heterocycles. The summed E-state index contributed by atoms with van der Waals surface area (Å²) < 4.78 is 11.0. The lowest BCUT2D eigenvalue weighted by molar-refractivity contribution is -0.118. The topological polar surface area (TPSA) is 47.6 Å². The van der Waals surface area contributed by atoms with E-state index in [-0.39, 0.29) is 12.5 Å². The van der Waals surface area contributed by atoms with Crippen LogP contribution in [0.1, 0.15) is 25.8 Å². The van der Waals surface area contributed by atoms with Gasteiger partial charge in [0.25, 0.3) is 5.91 Å². The van der Waals surface area contributed by atoms with Gasteiger partial charge in [0, 0.05) is 5.69 Å². The number of benzene rings is 2. The summed E-state index contributed by atoms with van der Waals surface area (Å²) in [6, 6.07) is 15.2. The largest absolute Gasteiger partial charge is 0.490 e. The zero-order valence-electron chi connectivity index (χ0n) is 13.7. The number of nitrogens with one attached hydrogen (secondary N) is 1. The minimum Gasteiger partial charge on any atom is -0.490 e. The Morgan fingerprint density at radius 2 is 1.61 bits per heavy atom. The first-order chi connectivity index (χ1) is 11.2. The Balaban J connectivity index is 1.87. The molecule has 0 atom stereocenters. The summed E-state index contributed by atoms with van der Waals surface area (Å²) in [4.78, 5) is 12.0. The number of aryl methyl sites for hydroxylation is 1. The van der Waals surface area contributed by atoms with Gasteiger partial charge in [0.2, 0.25) is 0 Å². The molecule has 2 aromatic rings. The number of ether oxygens (including phenoxy) is 2. The van der Waals surface area contributed by atoms with Crippen LogP contribution in [0.2, 0.25) is 0 Å². The molecule has 122 valence electrons. The van der Waals surface area contributed by atoms with Gasteiger partial charge in [0.05, 0.1) is 6.61 Å². The van der Waals surface area contributed by atoms with E-state index in [0.29, 0.717) is 18.1 Å². The average Bonchev–Trinajstić information content (AvgIpc) is 2.56. The molecule has 0 bridgehead atoms. The number of carbonyl (C=O) groups excluding carboxylic acids is 1. The Labute approximate surface area is 137 Å². The standard InChI is InChI=1S/C19H23NO3/c1-3-7-15-10-12-16(13-11-15)20-19(21)14-23-18-9-6-5-8-17(18)22-4-2/h5-6,8-13H,3-4,7,14H2,1-2H3,(H,20,21). The fourth-order valence-corrected chi connectivity index (χ4v) is 2.23. The van der Waals surface area contributed by atoms with E-state index < -0.39 is 0 Å². The van der Waals surface area contributed by atoms with E-state index in [2.05, 4.69) is 12.2 Å². The second-order valence-corrected chi connectivity index (χ2v) is 5.16. The molecule has 0 spiro atoms. The summed E-state index contributed by atoms with van der Waals surface area (Å²) in [7, 11) is 0. The van der Waals surface area contributed by atoms with Gasteiger partial charge in [-0.1, -0.05) is 37.6 Å². The van der Waals surface area contributed by atoms with Crippen molar-refractivity contribution in [2.75, 3.05) is 18.5 Å². The lowest BCUT2D eigenvalue weighted by atomic mass is 10.1. The summed E-state index contributed by atoms with van der Waals surface area (Å²) >= 11 is 0. The number of hydrogen-bond acceptors (Lipinski definition) is 3. The zero-order chi connectivity index (χ0) is 16.5. The summed E-state index contributed by atoms with van der Waals surface area (Å²) in [5.74, 6) is 1.02. The highest BCUT2D eigenvalue weighted by atomic mass is 16.5. The van der Waals surface area contributed by atoms with E-state index in [1.165, 1.54) is 5.56 Å². The first-order valence-corrected chi connectivity index (χ1v) is 7.96. The van der Waals surface area contributed by atoms with Gasteiger partial charge in [-0.15, -0.1) is 0 Å². The Bertz CT molecular complexity index is 623. The number of anilines is 1. The molecule has 0 radical (unpaired) electrons. The number of amides is 1. The SMILES string of the molecule is CCCc1ccc(NC(=O)COc2ccccc2OCC)cc1. The minimum absolute atomic E-state index is 0.0548. The summed E-state index contributed by atoms with van der Waals surface area (Å²) in [5, 5.41) is 2.83. The van der Waals surface area contributed by atoms with E-state index in [1.807, 2.05) is 49.4 Å². The molecule has 0 aliphatic carbocycles. The molecule has 0 saturated heterocycles. The maximum Gasteiger partial charge on any atom is 0.262 e. The summed E-state index contributed by atoms with van der Waals surface area (Å²) in [6.45, 7) is 4.55. The molecule has 1 N–H and O–H groups in total. The van der Waals surface area contributed by atoms with Crippen molar-refractivity contribution in [2.45, 2.75) is 26.7 Å². The van der Waals surface area contributed by atoms with Crippen molar-refractivity contribution < 1.29 is 14.3 Å². The second-order valence-electron chi connectivity index (χ2n) is 5.16. The molecule has 0 saturated carbocycles. The fraction of sp³-hybridized carbons (Fsp3) is 0.316. The molecule has 2 aromatic carbocycles. The van der Waals surface area contributed by atoms with Gasteiger partial charge in [0.15, 0.2) is 18.1 Å². The lowest BCUT2D eigenvalue weighted by Gasteiger charge is -2.11. The Morgan fingerprint density at radius 1 is 0.957 bits per heavy atom. The predicted octanol–water partition coefficient (Wildman–Crippen LogP) is 4.06. The van der Waals surface area contributed by atoms with Crippen LogP contribution in [0, 0.1) is 0 Å². The molecule has 0 aliphatic rings. The molecule has 4 heteroatoms. The molecule has 23 heavy (non-hydrogen) atoms. The first kappa shape index (κ1) is 16.9. The van der Waals surface area contributed by atoms with Crippen molar-refractivity contribution in [1.82, 2.24) is 0 Å². The van der Waals surface area contributed by atoms with Crippen LogP contribution in [0.15, 0.2) is 48.5 Å². The lowest BCUT2D eigenvalue weighted by Crippen LogP contribution is -2.20. The molecule has 0 aliphatic heterocycles. The molecule has 0 aromatic heterocycles. The normalized spacial score (nSPS) is 10.2. The van der Waals surface area contributed by atoms with Gasteiger partial charge >= 0.3 is 0 Å². The minimum atomic E-state index is -0.195. The third-order valence-corrected chi connectivity index (χ3v) is 3.28. The molecule has 0 unspecified atom stereocenters. The van der Waals surface area contributed by atoms with E-state index in [0.717, 1.165) is 18.5 Å². The fourth-order valence-electron chi connectivity index (χ4n) is 2.23. The van der Waals surface area contributed by atoms with Crippen LogP contribution in [0.5, 0.6) is 11.5 Å². The number of para-hydroxylation sites is 2. The number of hydrogen-bond donors (Lipinski definition) is 1. The molecular weight excluding hydrogens is 290 g/mol. The maximum atomic E-state index is 12.0. The van der Waals surface area contributed by atoms with E-state index in [9.17, 15) is 4.79 Å². The first-order valence-electron chi connectivity index (χ1n) is 7.96. The monoisotopic (exact) mass is 313 g/mol. The van der Waals surface area contributed by atoms with Crippen LogP contribution in [-0.2, 0) is 11.2 Å². The highest BCUT2D eigenvalue weighted by molar-refractivity contribution is 5.91. The zero-order valence-corrected chi connectivity index (χ0v) is 13.7. The molecule has 1 amide bonds. The van der Waals surface area contributed by atoms with Gasteiger partial charge in [-0.3, -0.25) is 4.79 Å². The smallest absolute Gasteiger partial charge is 0.262 e. The van der Waals surface area contributed by atoms with Crippen LogP contribution in [-0.4, -0.2) is 19.1 Å². The predicted molar refractivity (Wildman–Crippen MR) is 92.2 cm³/mol. The van der Waals surface area contributed by atoms with Crippen LogP contribution in [0.4, 0.5) is 5.69 Å². The van der Waals surface area contributed by atoms with Crippen molar-refractivity contribution in [3.05, 3.63) is 54.1 Å². The van der Waals surface area contributed by atoms with E-state index >= 15 is 0 Å². The summed E-state index contributed by atoms with van der Waals surface area (Å²) in [6.07, 6.45) is 2.16. The van der Waals surface area contributed by atoms with Crippen LogP contribution in [0.25, 0.3) is 0 Å². The molecule has 0 fully saturated rings. The third kappa shape index (κ3) is 5.33. The molecule has 4 nitrogen and oxygen atoms in total. The van der Waals surface area contributed by atoms with Gasteiger partial charge < -0.3 is 14.8 Å².